The highest BCUT2D eigenvalue weighted by Gasteiger charge is 2.32. The molecule has 4 rings (SSSR count). The first-order valence-electron chi connectivity index (χ1n) is 8.79. The Kier molecular flexibility index (Phi) is 4.31. The van der Waals surface area contributed by atoms with Crippen LogP contribution in [0, 0.1) is 0 Å². The second kappa shape index (κ2) is 6.77. The lowest BCUT2D eigenvalue weighted by atomic mass is 9.93. The van der Waals surface area contributed by atoms with Crippen LogP contribution in [0.25, 0.3) is 10.9 Å². The van der Waals surface area contributed by atoms with E-state index in [2.05, 4.69) is 22.4 Å². The molecule has 0 unspecified atom stereocenters. The van der Waals surface area contributed by atoms with Crippen molar-refractivity contribution in [3.8, 4) is 0 Å². The zero-order valence-corrected chi connectivity index (χ0v) is 14.7. The zero-order valence-electron chi connectivity index (χ0n) is 14.7. The van der Waals surface area contributed by atoms with Crippen molar-refractivity contribution >= 4 is 22.6 Å². The minimum Gasteiger partial charge on any atom is -0.360 e. The third kappa shape index (κ3) is 2.91. The molecule has 0 fully saturated rings. The summed E-state index contributed by atoms with van der Waals surface area (Å²) in [5.74, 6) is -0.0260. The van der Waals surface area contributed by atoms with Gasteiger partial charge in [-0.15, -0.1) is 0 Å². The first kappa shape index (κ1) is 16.5. The molecule has 26 heavy (non-hydrogen) atoms. The first-order valence-corrected chi connectivity index (χ1v) is 8.79. The summed E-state index contributed by atoms with van der Waals surface area (Å²) < 4.78 is 0. The molecule has 132 valence electrons. The van der Waals surface area contributed by atoms with Gasteiger partial charge in [0.2, 0.25) is 5.91 Å². The van der Waals surface area contributed by atoms with Gasteiger partial charge in [-0.2, -0.15) is 0 Å². The van der Waals surface area contributed by atoms with Gasteiger partial charge in [-0.25, -0.2) is 0 Å². The topological polar surface area (TPSA) is 65.2 Å². The lowest BCUT2D eigenvalue weighted by Gasteiger charge is -2.35. The van der Waals surface area contributed by atoms with Crippen molar-refractivity contribution in [1.82, 2.24) is 15.2 Å². The number of hydrogen-bond donors (Lipinski definition) is 2. The van der Waals surface area contributed by atoms with E-state index in [0.717, 1.165) is 10.9 Å². The molecule has 2 N–H and O–H groups in total. The van der Waals surface area contributed by atoms with Crippen LogP contribution in [0.4, 0.5) is 0 Å². The van der Waals surface area contributed by atoms with E-state index in [1.54, 1.807) is 13.2 Å². The number of aromatic amines is 1. The van der Waals surface area contributed by atoms with Crippen LogP contribution in [-0.4, -0.2) is 41.2 Å². The fraction of sp³-hybridized carbons (Fsp3) is 0.238. The van der Waals surface area contributed by atoms with Crippen LogP contribution in [0.15, 0.2) is 54.7 Å². The summed E-state index contributed by atoms with van der Waals surface area (Å²) in [5, 5.41) is 3.66. The SMILES string of the molecule is CNC(=O)[C@H]1Cc2ccccc2CN1CC(=O)c1c[nH]c2ccccc12. The molecule has 1 aliphatic rings. The van der Waals surface area contributed by atoms with Crippen LogP contribution in [0.3, 0.4) is 0 Å². The van der Waals surface area contributed by atoms with Crippen molar-refractivity contribution in [3.63, 3.8) is 0 Å². The highest BCUT2D eigenvalue weighted by atomic mass is 16.2. The Bertz CT molecular complexity index is 976. The minimum absolute atomic E-state index is 0.0238. The Balaban J connectivity index is 1.62. The number of ketones is 1. The Morgan fingerprint density at radius 3 is 2.65 bits per heavy atom. The molecule has 1 aromatic heterocycles. The highest BCUT2D eigenvalue weighted by Crippen LogP contribution is 2.25. The number of para-hydroxylation sites is 1. The molecule has 0 saturated heterocycles. The molecule has 0 aliphatic carbocycles. The minimum atomic E-state index is -0.330. The van der Waals surface area contributed by atoms with Gasteiger partial charge in [0.15, 0.2) is 5.78 Å². The number of rotatable bonds is 4. The summed E-state index contributed by atoms with van der Waals surface area (Å²) in [7, 11) is 1.64. The molecule has 0 spiro atoms. The quantitative estimate of drug-likeness (QED) is 0.713. The van der Waals surface area contributed by atoms with E-state index in [-0.39, 0.29) is 24.3 Å². The average Bonchev–Trinajstić information content (AvgIpc) is 3.11. The van der Waals surface area contributed by atoms with Gasteiger partial charge in [0.25, 0.3) is 0 Å². The maximum Gasteiger partial charge on any atom is 0.237 e. The number of H-pyrrole nitrogens is 1. The predicted molar refractivity (Wildman–Crippen MR) is 101 cm³/mol. The maximum atomic E-state index is 13.0. The van der Waals surface area contributed by atoms with E-state index in [9.17, 15) is 9.59 Å². The molecule has 0 bridgehead atoms. The zero-order chi connectivity index (χ0) is 18.1. The number of amides is 1. The number of nitrogens with zero attached hydrogens (tertiary/aromatic N) is 1. The smallest absolute Gasteiger partial charge is 0.237 e. The van der Waals surface area contributed by atoms with E-state index in [0.29, 0.717) is 18.5 Å². The van der Waals surface area contributed by atoms with Gasteiger partial charge in [0.05, 0.1) is 12.6 Å². The third-order valence-corrected chi connectivity index (χ3v) is 5.13. The first-order chi connectivity index (χ1) is 12.7. The van der Waals surface area contributed by atoms with Crippen LogP contribution in [0.1, 0.15) is 21.5 Å². The van der Waals surface area contributed by atoms with Gasteiger partial charge >= 0.3 is 0 Å². The fourth-order valence-corrected chi connectivity index (χ4v) is 3.74. The average molecular weight is 347 g/mol. The van der Waals surface area contributed by atoms with Gasteiger partial charge in [-0.05, 0) is 23.6 Å². The molecule has 5 nitrogen and oxygen atoms in total. The van der Waals surface area contributed by atoms with Crippen molar-refractivity contribution in [1.29, 1.82) is 0 Å². The van der Waals surface area contributed by atoms with Gasteiger partial charge in [-0.1, -0.05) is 42.5 Å². The van der Waals surface area contributed by atoms with Crippen molar-refractivity contribution in [2.45, 2.75) is 19.0 Å². The Morgan fingerprint density at radius 1 is 1.12 bits per heavy atom. The van der Waals surface area contributed by atoms with E-state index in [1.807, 2.05) is 41.3 Å². The molecule has 1 atom stereocenters. The summed E-state index contributed by atoms with van der Waals surface area (Å²) >= 11 is 0. The van der Waals surface area contributed by atoms with E-state index >= 15 is 0 Å². The van der Waals surface area contributed by atoms with Crippen LogP contribution in [-0.2, 0) is 17.8 Å². The van der Waals surface area contributed by atoms with Crippen molar-refractivity contribution in [2.75, 3.05) is 13.6 Å². The van der Waals surface area contributed by atoms with E-state index in [4.69, 9.17) is 0 Å². The highest BCUT2D eigenvalue weighted by molar-refractivity contribution is 6.08. The molecule has 1 aliphatic heterocycles. The summed E-state index contributed by atoms with van der Waals surface area (Å²) in [5.41, 5.74) is 3.98. The number of aromatic nitrogens is 1. The predicted octanol–water partition coefficient (Wildman–Crippen LogP) is 2.52. The Morgan fingerprint density at radius 2 is 1.85 bits per heavy atom. The molecular weight excluding hydrogens is 326 g/mol. The van der Waals surface area contributed by atoms with Crippen LogP contribution in [0.2, 0.25) is 0 Å². The number of carbonyl (C=O) groups is 2. The number of nitrogens with one attached hydrogen (secondary N) is 2. The summed E-state index contributed by atoms with van der Waals surface area (Å²) in [6, 6.07) is 15.6. The molecule has 2 heterocycles. The molecule has 0 radical (unpaired) electrons. The third-order valence-electron chi connectivity index (χ3n) is 5.13. The number of carbonyl (C=O) groups excluding carboxylic acids is 2. The molecule has 2 aromatic carbocycles. The molecule has 3 aromatic rings. The van der Waals surface area contributed by atoms with Gasteiger partial charge in [0, 0.05) is 36.3 Å². The monoisotopic (exact) mass is 347 g/mol. The lowest BCUT2D eigenvalue weighted by Crippen LogP contribution is -2.51. The molecule has 0 saturated carbocycles. The van der Waals surface area contributed by atoms with Crippen LogP contribution < -0.4 is 5.32 Å². The number of fused-ring (bicyclic) bond motifs is 2. The molecule has 1 amide bonds. The second-order valence-electron chi connectivity index (χ2n) is 6.68. The second-order valence-corrected chi connectivity index (χ2v) is 6.68. The van der Waals surface area contributed by atoms with Gasteiger partial charge in [-0.3, -0.25) is 14.5 Å². The lowest BCUT2D eigenvalue weighted by molar-refractivity contribution is -0.126. The number of likely N-dealkylation sites (N-methyl/N-ethyl adjacent to an activating group) is 1. The van der Waals surface area contributed by atoms with E-state index in [1.165, 1.54) is 11.1 Å². The summed E-state index contributed by atoms with van der Waals surface area (Å²) in [4.78, 5) is 30.5. The molecular formula is C21H21N3O2. The maximum absolute atomic E-state index is 13.0. The van der Waals surface area contributed by atoms with Crippen molar-refractivity contribution < 1.29 is 9.59 Å². The molecule has 5 heteroatoms. The van der Waals surface area contributed by atoms with Gasteiger partial charge < -0.3 is 10.3 Å². The van der Waals surface area contributed by atoms with Crippen molar-refractivity contribution in [2.24, 2.45) is 0 Å². The number of Topliss-reactive ketones (excluding diaryl/α,β-unsaturated/α-hetero) is 1. The Hall–Kier alpha value is -2.92. The number of hydrogen-bond acceptors (Lipinski definition) is 3. The number of benzene rings is 2. The van der Waals surface area contributed by atoms with Gasteiger partial charge in [0.1, 0.15) is 0 Å². The summed E-state index contributed by atoms with van der Waals surface area (Å²) in [6.45, 7) is 0.816. The van der Waals surface area contributed by atoms with Crippen molar-refractivity contribution in [3.05, 3.63) is 71.4 Å². The fourth-order valence-electron chi connectivity index (χ4n) is 3.74. The largest absolute Gasteiger partial charge is 0.360 e. The summed E-state index contributed by atoms with van der Waals surface area (Å²) in [6.07, 6.45) is 2.39. The van der Waals surface area contributed by atoms with E-state index < -0.39 is 0 Å². The van der Waals surface area contributed by atoms with Crippen LogP contribution in [0.5, 0.6) is 0 Å². The van der Waals surface area contributed by atoms with Crippen LogP contribution >= 0.6 is 0 Å². The normalized spacial score (nSPS) is 17.0. The Labute approximate surface area is 152 Å². The standard InChI is InChI=1S/C21H21N3O2/c1-22-21(26)19-10-14-6-2-3-7-15(14)12-24(19)13-20(25)17-11-23-18-9-5-4-8-16(17)18/h2-9,11,19,23H,10,12-13H2,1H3,(H,22,26)/t19-/m1/s1.